The Morgan fingerprint density at radius 2 is 1.94 bits per heavy atom. The van der Waals surface area contributed by atoms with E-state index in [-0.39, 0.29) is 17.8 Å². The Labute approximate surface area is 179 Å². The predicted molar refractivity (Wildman–Crippen MR) is 112 cm³/mol. The van der Waals surface area contributed by atoms with Crippen LogP contribution in [0.3, 0.4) is 0 Å². The normalized spacial score (nSPS) is 22.5. The van der Waals surface area contributed by atoms with Gasteiger partial charge in [0.25, 0.3) is 0 Å². The molecule has 1 saturated carbocycles. The van der Waals surface area contributed by atoms with E-state index in [0.29, 0.717) is 37.1 Å². The molecular weight excluding hydrogens is 422 g/mol. The van der Waals surface area contributed by atoms with Crippen molar-refractivity contribution in [3.63, 3.8) is 0 Å². The number of halogens is 2. The van der Waals surface area contributed by atoms with Crippen LogP contribution >= 0.6 is 11.5 Å². The van der Waals surface area contributed by atoms with Gasteiger partial charge >= 0.3 is 5.69 Å². The fourth-order valence-electron chi connectivity index (χ4n) is 4.61. The number of aromatic nitrogens is 4. The van der Waals surface area contributed by atoms with E-state index in [1.807, 2.05) is 24.4 Å². The summed E-state index contributed by atoms with van der Waals surface area (Å²) in [4.78, 5) is 13.1. The highest BCUT2D eigenvalue weighted by molar-refractivity contribution is 7.13. The largest absolute Gasteiger partial charge is 0.489 e. The van der Waals surface area contributed by atoms with Gasteiger partial charge in [0, 0.05) is 36.9 Å². The molecule has 0 amide bonds. The van der Waals surface area contributed by atoms with Crippen LogP contribution in [0.2, 0.25) is 0 Å². The molecule has 0 spiro atoms. The number of aryl methyl sites for hydroxylation is 1. The van der Waals surface area contributed by atoms with E-state index in [9.17, 15) is 13.6 Å². The van der Waals surface area contributed by atoms with Crippen molar-refractivity contribution in [2.45, 2.75) is 43.9 Å². The lowest BCUT2D eigenvalue weighted by Gasteiger charge is -2.34. The molecule has 0 bridgehead atoms. The second kappa shape index (κ2) is 6.98. The number of hydrogen-bond donors (Lipinski definition) is 0. The van der Waals surface area contributed by atoms with E-state index in [1.54, 1.807) is 4.57 Å². The highest BCUT2D eigenvalue weighted by atomic mass is 32.1. The minimum absolute atomic E-state index is 0.00857. The summed E-state index contributed by atoms with van der Waals surface area (Å²) >= 11 is 1.41. The Morgan fingerprint density at radius 1 is 1.13 bits per heavy atom. The first kappa shape index (κ1) is 18.7. The second-order valence-electron chi connectivity index (χ2n) is 8.14. The minimum atomic E-state index is -0.640. The van der Waals surface area contributed by atoms with E-state index in [1.165, 1.54) is 28.3 Å². The minimum Gasteiger partial charge on any atom is -0.489 e. The molecule has 1 aliphatic heterocycles. The smallest absolute Gasteiger partial charge is 0.346 e. The SMILES string of the molecule is O=c1n(C2CC(Oc3cccc4cnsc34)C2)nc2n1[C@H](c1cc(F)cc(F)c1)CC2. The van der Waals surface area contributed by atoms with Gasteiger partial charge in [0.15, 0.2) is 0 Å². The van der Waals surface area contributed by atoms with Crippen LogP contribution in [-0.2, 0) is 6.42 Å². The predicted octanol–water partition coefficient (Wildman–Crippen LogP) is 4.25. The third-order valence-corrected chi connectivity index (χ3v) is 7.01. The van der Waals surface area contributed by atoms with Crippen LogP contribution in [0.4, 0.5) is 8.78 Å². The summed E-state index contributed by atoms with van der Waals surface area (Å²) in [6.07, 6.45) is 4.41. The lowest BCUT2D eigenvalue weighted by atomic mass is 9.89. The van der Waals surface area contributed by atoms with Gasteiger partial charge < -0.3 is 4.74 Å². The molecule has 2 aromatic carbocycles. The van der Waals surface area contributed by atoms with Gasteiger partial charge in [0.05, 0.1) is 16.8 Å². The molecule has 6 nitrogen and oxygen atoms in total. The summed E-state index contributed by atoms with van der Waals surface area (Å²) in [6.45, 7) is 0. The first-order chi connectivity index (χ1) is 15.1. The summed E-state index contributed by atoms with van der Waals surface area (Å²) in [6, 6.07) is 8.88. The Hall–Kier alpha value is -3.07. The van der Waals surface area contributed by atoms with Gasteiger partial charge in [-0.05, 0) is 41.7 Å². The Morgan fingerprint density at radius 3 is 2.74 bits per heavy atom. The van der Waals surface area contributed by atoms with Crippen LogP contribution in [0.1, 0.15) is 42.7 Å². The molecule has 2 aromatic heterocycles. The van der Waals surface area contributed by atoms with E-state index in [4.69, 9.17) is 4.74 Å². The first-order valence-electron chi connectivity index (χ1n) is 10.2. The summed E-state index contributed by atoms with van der Waals surface area (Å²) in [5, 5.41) is 5.59. The molecule has 1 atom stereocenters. The summed E-state index contributed by atoms with van der Waals surface area (Å²) in [7, 11) is 0. The number of ether oxygens (including phenoxy) is 1. The Bertz CT molecular complexity index is 1340. The number of benzene rings is 2. The van der Waals surface area contributed by atoms with Crippen molar-refractivity contribution >= 4 is 21.6 Å². The summed E-state index contributed by atoms with van der Waals surface area (Å²) in [5.74, 6) is 0.201. The maximum absolute atomic E-state index is 13.7. The van der Waals surface area contributed by atoms with Crippen molar-refractivity contribution < 1.29 is 13.5 Å². The van der Waals surface area contributed by atoms with Crippen LogP contribution in [0, 0.1) is 11.6 Å². The van der Waals surface area contributed by atoms with E-state index >= 15 is 0 Å². The standard InChI is InChI=1S/C22H18F2N4O2S/c23-14-6-13(7-15(24)8-14)18-4-5-20-26-28(22(29)27(18)20)16-9-17(10-16)30-19-3-1-2-12-11-25-31-21(12)19/h1-3,6-8,11,16-18H,4-5,9-10H2/t16?,17?,18-/m0/s1. The van der Waals surface area contributed by atoms with Gasteiger partial charge in [-0.3, -0.25) is 4.57 Å². The van der Waals surface area contributed by atoms with Crippen LogP contribution in [0.5, 0.6) is 5.75 Å². The van der Waals surface area contributed by atoms with Gasteiger partial charge in [0.1, 0.15) is 29.3 Å². The third kappa shape index (κ3) is 3.06. The molecule has 2 aliphatic rings. The lowest BCUT2D eigenvalue weighted by Crippen LogP contribution is -2.41. The van der Waals surface area contributed by atoms with Crippen molar-refractivity contribution in [1.82, 2.24) is 18.7 Å². The van der Waals surface area contributed by atoms with Gasteiger partial charge in [-0.25, -0.2) is 18.3 Å². The topological polar surface area (TPSA) is 61.9 Å². The maximum Gasteiger partial charge on any atom is 0.346 e. The number of hydrogen-bond acceptors (Lipinski definition) is 5. The molecule has 3 heterocycles. The molecule has 158 valence electrons. The molecule has 1 aliphatic carbocycles. The Balaban J connectivity index is 1.21. The second-order valence-corrected chi connectivity index (χ2v) is 8.94. The van der Waals surface area contributed by atoms with Gasteiger partial charge in [-0.2, -0.15) is 9.47 Å². The fourth-order valence-corrected chi connectivity index (χ4v) is 5.31. The van der Waals surface area contributed by atoms with Crippen LogP contribution in [-0.4, -0.2) is 24.8 Å². The zero-order valence-electron chi connectivity index (χ0n) is 16.4. The molecule has 0 unspecified atom stereocenters. The van der Waals surface area contributed by atoms with Gasteiger partial charge in [-0.15, -0.1) is 0 Å². The van der Waals surface area contributed by atoms with Crippen molar-refractivity contribution in [2.75, 3.05) is 0 Å². The van der Waals surface area contributed by atoms with E-state index in [0.717, 1.165) is 21.9 Å². The fraction of sp³-hybridized carbons (Fsp3) is 0.318. The molecule has 0 radical (unpaired) electrons. The highest BCUT2D eigenvalue weighted by Gasteiger charge is 2.38. The van der Waals surface area contributed by atoms with Crippen LogP contribution in [0.15, 0.2) is 47.4 Å². The monoisotopic (exact) mass is 440 g/mol. The average molecular weight is 440 g/mol. The molecular formula is C22H18F2N4O2S. The van der Waals surface area contributed by atoms with E-state index in [2.05, 4.69) is 9.47 Å². The molecule has 4 aromatic rings. The molecule has 1 fully saturated rings. The first-order valence-corrected chi connectivity index (χ1v) is 11.0. The van der Waals surface area contributed by atoms with Gasteiger partial charge in [0.2, 0.25) is 0 Å². The van der Waals surface area contributed by atoms with Crippen LogP contribution in [0.25, 0.3) is 10.1 Å². The van der Waals surface area contributed by atoms with Crippen molar-refractivity contribution in [1.29, 1.82) is 0 Å². The Kier molecular flexibility index (Phi) is 4.21. The molecule has 31 heavy (non-hydrogen) atoms. The molecule has 6 rings (SSSR count). The van der Waals surface area contributed by atoms with Gasteiger partial charge in [-0.1, -0.05) is 12.1 Å². The average Bonchev–Trinajstić information content (AvgIpc) is 3.40. The molecule has 0 saturated heterocycles. The van der Waals surface area contributed by atoms with Crippen molar-refractivity contribution in [3.05, 3.63) is 76.1 Å². The summed E-state index contributed by atoms with van der Waals surface area (Å²) < 4.78 is 41.9. The molecule has 9 heteroatoms. The number of nitrogens with zero attached hydrogens (tertiary/aromatic N) is 4. The number of fused-ring (bicyclic) bond motifs is 2. The highest BCUT2D eigenvalue weighted by Crippen LogP contribution is 2.38. The zero-order valence-corrected chi connectivity index (χ0v) is 17.2. The van der Waals surface area contributed by atoms with Crippen LogP contribution < -0.4 is 10.4 Å². The zero-order chi connectivity index (χ0) is 21.1. The van der Waals surface area contributed by atoms with Crippen molar-refractivity contribution in [2.24, 2.45) is 0 Å². The molecule has 0 N–H and O–H groups in total. The summed E-state index contributed by atoms with van der Waals surface area (Å²) in [5.41, 5.74) is 0.237. The third-order valence-electron chi connectivity index (χ3n) is 6.18. The maximum atomic E-state index is 13.7. The lowest BCUT2D eigenvalue weighted by molar-refractivity contribution is 0.0637. The quantitative estimate of drug-likeness (QED) is 0.476. The number of rotatable bonds is 4. The van der Waals surface area contributed by atoms with E-state index < -0.39 is 17.7 Å². The van der Waals surface area contributed by atoms with Crippen molar-refractivity contribution in [3.8, 4) is 5.75 Å².